The summed E-state index contributed by atoms with van der Waals surface area (Å²) in [4.78, 5) is 0. The smallest absolute Gasteiger partial charge is 0.0900 e. The lowest BCUT2D eigenvalue weighted by atomic mass is 10.5. The fourth-order valence-electron chi connectivity index (χ4n) is 2.89. The van der Waals surface area contributed by atoms with E-state index in [9.17, 15) is 0 Å². The van der Waals surface area contributed by atoms with Gasteiger partial charge in [-0.3, -0.25) is 0 Å². The fraction of sp³-hybridized carbons (Fsp3) is 1.00. The molecule has 4 nitrogen and oxygen atoms in total. The van der Waals surface area contributed by atoms with Crippen LogP contribution in [0.3, 0.4) is 0 Å². The summed E-state index contributed by atoms with van der Waals surface area (Å²) in [6.07, 6.45) is 2.19. The molecule has 0 bridgehead atoms. The first-order chi connectivity index (χ1) is 16.3. The second-order valence-electron chi connectivity index (χ2n) is 8.57. The van der Waals surface area contributed by atoms with E-state index in [-0.39, 0.29) is 0 Å². The Morgan fingerprint density at radius 2 is 0.848 bits per heavy atom. The lowest BCUT2D eigenvalue weighted by molar-refractivity contribution is 0.426. The highest BCUT2D eigenvalue weighted by Gasteiger charge is 2.25. The highest BCUT2D eigenvalue weighted by atomic mass is 32.2. The van der Waals surface area contributed by atoms with E-state index < -0.39 is 0 Å². The van der Waals surface area contributed by atoms with Gasteiger partial charge in [0.05, 0.1) is 50.8 Å². The van der Waals surface area contributed by atoms with Crippen LogP contribution in [-0.4, -0.2) is 130 Å². The summed E-state index contributed by atoms with van der Waals surface area (Å²) in [5.41, 5.74) is 0. The Morgan fingerprint density at radius 3 is 1.36 bits per heavy atom. The molecule has 6 unspecified atom stereocenters. The Kier molecular flexibility index (Phi) is 14.6. The van der Waals surface area contributed by atoms with Crippen LogP contribution >= 0.6 is 82.3 Å². The third kappa shape index (κ3) is 15.3. The molecule has 33 heavy (non-hydrogen) atoms. The van der Waals surface area contributed by atoms with E-state index >= 15 is 0 Å². The van der Waals surface area contributed by atoms with Gasteiger partial charge in [-0.25, -0.2) is 0 Å². The summed E-state index contributed by atoms with van der Waals surface area (Å²) in [7, 11) is 0. The molecule has 0 aromatic rings. The van der Waals surface area contributed by atoms with E-state index in [0.29, 0.717) is 24.4 Å². The first-order valence-corrected chi connectivity index (χ1v) is 19.8. The summed E-state index contributed by atoms with van der Waals surface area (Å²) in [6.45, 7) is 3.93. The summed E-state index contributed by atoms with van der Waals surface area (Å²) in [5.74, 6) is 14.8. The molecule has 4 fully saturated rings. The zero-order chi connectivity index (χ0) is 22.6. The Morgan fingerprint density at radius 1 is 0.455 bits per heavy atom. The maximum atomic E-state index is 5.42. The van der Waals surface area contributed by atoms with Crippen LogP contribution in [-0.2, 0) is 18.9 Å². The molecular formula is C22H38O4S7. The molecule has 0 saturated carbocycles. The topological polar surface area (TPSA) is 50.1 Å². The van der Waals surface area contributed by atoms with Crippen LogP contribution in [0.2, 0.25) is 0 Å². The third-order valence-corrected chi connectivity index (χ3v) is 15.0. The molecule has 4 aliphatic rings. The minimum atomic E-state index is 0.539. The van der Waals surface area contributed by atoms with Gasteiger partial charge in [0.25, 0.3) is 0 Å². The Bertz CT molecular complexity index is 519. The molecule has 4 saturated heterocycles. The van der Waals surface area contributed by atoms with Crippen LogP contribution in [0.5, 0.6) is 0 Å². The van der Waals surface area contributed by atoms with Gasteiger partial charge in [-0.05, 0) is 0 Å². The van der Waals surface area contributed by atoms with Gasteiger partial charge in [-0.2, -0.15) is 82.3 Å². The van der Waals surface area contributed by atoms with Crippen molar-refractivity contribution in [2.24, 2.45) is 0 Å². The van der Waals surface area contributed by atoms with Gasteiger partial charge in [0.15, 0.2) is 0 Å². The molecule has 4 heterocycles. The predicted molar refractivity (Wildman–Crippen MR) is 158 cm³/mol. The van der Waals surface area contributed by atoms with Crippen molar-refractivity contribution in [1.29, 1.82) is 0 Å². The Hall–Kier alpha value is 2.29. The second kappa shape index (κ2) is 17.0. The number of hydrogen-bond acceptors (Lipinski definition) is 11. The van der Waals surface area contributed by atoms with Gasteiger partial charge in [-0.1, -0.05) is 0 Å². The SMILES string of the molecule is C(CSCC(CSCC1CO1)SCC(CSCC1CO1)SCCSCC1CO1)SCC1CO1. The van der Waals surface area contributed by atoms with Crippen molar-refractivity contribution in [3.63, 3.8) is 0 Å². The normalized spacial score (nSPS) is 29.1. The van der Waals surface area contributed by atoms with E-state index in [4.69, 9.17) is 18.9 Å². The molecule has 0 N–H and O–H groups in total. The summed E-state index contributed by atoms with van der Waals surface area (Å²) < 4.78 is 21.5. The lowest BCUT2D eigenvalue weighted by Gasteiger charge is -2.21. The minimum Gasteiger partial charge on any atom is -0.372 e. The standard InChI is InChI=1S/C22H38O4S7/c1(27-9-17-5-23-17)2-29-13-21(14-30-11-19-7-25-19)33-16-22(15-31-12-20-8-26-20)32-4-3-28-10-18-6-24-18/h17-22H,1-16H2. The zero-order valence-electron chi connectivity index (χ0n) is 19.3. The van der Waals surface area contributed by atoms with E-state index in [1.54, 1.807) is 0 Å². The van der Waals surface area contributed by atoms with Crippen LogP contribution in [0, 0.1) is 0 Å². The van der Waals surface area contributed by atoms with Crippen molar-refractivity contribution in [2.75, 3.05) is 95.5 Å². The average Bonchev–Trinajstić information content (AvgIpc) is 3.63. The van der Waals surface area contributed by atoms with Crippen molar-refractivity contribution in [2.45, 2.75) is 34.9 Å². The second-order valence-corrected chi connectivity index (χ2v) is 16.9. The number of rotatable bonds is 24. The quantitative estimate of drug-likeness (QED) is 0.118. The van der Waals surface area contributed by atoms with Crippen molar-refractivity contribution < 1.29 is 18.9 Å². The highest BCUT2D eigenvalue weighted by molar-refractivity contribution is 8.08. The van der Waals surface area contributed by atoms with Gasteiger partial charge in [-0.15, -0.1) is 0 Å². The molecule has 4 aliphatic heterocycles. The molecule has 192 valence electrons. The van der Waals surface area contributed by atoms with Crippen molar-refractivity contribution in [1.82, 2.24) is 0 Å². The van der Waals surface area contributed by atoms with Crippen LogP contribution < -0.4 is 0 Å². The van der Waals surface area contributed by atoms with E-state index in [0.717, 1.165) is 36.9 Å². The maximum Gasteiger partial charge on any atom is 0.0900 e. The molecule has 0 radical (unpaired) electrons. The molecule has 0 amide bonds. The number of epoxide rings is 4. The molecule has 0 aromatic carbocycles. The van der Waals surface area contributed by atoms with Crippen LogP contribution in [0.4, 0.5) is 0 Å². The Labute approximate surface area is 230 Å². The molecular weight excluding hydrogens is 553 g/mol. The minimum absolute atomic E-state index is 0.539. The van der Waals surface area contributed by atoms with Gasteiger partial charge < -0.3 is 18.9 Å². The van der Waals surface area contributed by atoms with E-state index in [2.05, 4.69) is 82.3 Å². The molecule has 0 spiro atoms. The average molecular weight is 591 g/mol. The van der Waals surface area contributed by atoms with Gasteiger partial charge >= 0.3 is 0 Å². The predicted octanol–water partition coefficient (Wildman–Crippen LogP) is 4.45. The van der Waals surface area contributed by atoms with E-state index in [1.807, 2.05) is 0 Å². The molecule has 4 rings (SSSR count). The lowest BCUT2D eigenvalue weighted by Crippen LogP contribution is -2.19. The summed E-state index contributed by atoms with van der Waals surface area (Å²) in [5, 5.41) is 1.49. The molecule has 0 aromatic heterocycles. The van der Waals surface area contributed by atoms with E-state index in [1.165, 1.54) is 69.0 Å². The number of thioether (sulfide) groups is 7. The summed E-state index contributed by atoms with van der Waals surface area (Å²) in [6, 6.07) is 0. The molecule has 11 heteroatoms. The zero-order valence-corrected chi connectivity index (χ0v) is 25.0. The number of hydrogen-bond donors (Lipinski definition) is 0. The highest BCUT2D eigenvalue weighted by Crippen LogP contribution is 2.30. The van der Waals surface area contributed by atoms with Crippen LogP contribution in [0.25, 0.3) is 0 Å². The van der Waals surface area contributed by atoms with Crippen molar-refractivity contribution in [3.8, 4) is 0 Å². The molecule has 6 atom stereocenters. The van der Waals surface area contributed by atoms with Crippen LogP contribution in [0.15, 0.2) is 0 Å². The first kappa shape index (κ1) is 28.3. The van der Waals surface area contributed by atoms with Gasteiger partial charge in [0, 0.05) is 79.5 Å². The largest absolute Gasteiger partial charge is 0.372 e. The van der Waals surface area contributed by atoms with Gasteiger partial charge in [0.2, 0.25) is 0 Å². The molecule has 0 aliphatic carbocycles. The monoisotopic (exact) mass is 590 g/mol. The van der Waals surface area contributed by atoms with Crippen molar-refractivity contribution in [3.05, 3.63) is 0 Å². The Balaban J connectivity index is 1.10. The summed E-state index contributed by atoms with van der Waals surface area (Å²) >= 11 is 14.9. The first-order valence-electron chi connectivity index (χ1n) is 11.9. The number of ether oxygens (including phenoxy) is 4. The maximum absolute atomic E-state index is 5.42. The third-order valence-electron chi connectivity index (χ3n) is 5.21. The van der Waals surface area contributed by atoms with Crippen molar-refractivity contribution >= 4 is 82.3 Å². The fourth-order valence-corrected chi connectivity index (χ4v) is 12.3. The van der Waals surface area contributed by atoms with Gasteiger partial charge in [0.1, 0.15) is 0 Å². The van der Waals surface area contributed by atoms with Crippen LogP contribution in [0.1, 0.15) is 0 Å².